The number of halogens is 1. The van der Waals surface area contributed by atoms with Crippen molar-refractivity contribution in [2.75, 3.05) is 0 Å². The van der Waals surface area contributed by atoms with Crippen LogP contribution in [0.2, 0.25) is 5.15 Å². The van der Waals surface area contributed by atoms with Crippen LogP contribution in [0.5, 0.6) is 10.9 Å². The van der Waals surface area contributed by atoms with Gasteiger partial charge in [0.15, 0.2) is 0 Å². The largest absolute Gasteiger partial charge is 0.431 e. The van der Waals surface area contributed by atoms with Gasteiger partial charge in [0.1, 0.15) is 10.9 Å². The van der Waals surface area contributed by atoms with Gasteiger partial charge in [-0.1, -0.05) is 55.8 Å². The predicted octanol–water partition coefficient (Wildman–Crippen LogP) is 4.38. The van der Waals surface area contributed by atoms with Crippen LogP contribution >= 0.6 is 22.9 Å². The molecule has 1 N–H and O–H groups in total. The van der Waals surface area contributed by atoms with E-state index >= 15 is 0 Å². The first kappa shape index (κ1) is 14.3. The number of hydrogen-bond donors (Lipinski definition) is 1. The highest BCUT2D eigenvalue weighted by molar-refractivity contribution is 7.13. The Hall–Kier alpha value is -1.10. The molecule has 0 radical (unpaired) electrons. The minimum absolute atomic E-state index is 0.118. The molecular weight excluding hydrogens is 282 g/mol. The molecule has 0 bridgehead atoms. The van der Waals surface area contributed by atoms with Crippen molar-refractivity contribution in [2.45, 2.75) is 32.8 Å². The molecular formula is C14H16ClNO2S. The third-order valence-corrected chi connectivity index (χ3v) is 4.04. The summed E-state index contributed by atoms with van der Waals surface area (Å²) in [4.78, 5) is 4.66. The van der Waals surface area contributed by atoms with Crippen molar-refractivity contribution in [3.8, 4) is 10.9 Å². The molecule has 2 aromatic rings. The second-order valence-corrected chi connectivity index (χ2v) is 6.63. The second-order valence-electron chi connectivity index (χ2n) is 5.23. The van der Waals surface area contributed by atoms with Crippen LogP contribution in [0.3, 0.4) is 0 Å². The lowest BCUT2D eigenvalue weighted by Crippen LogP contribution is -2.10. The van der Waals surface area contributed by atoms with Gasteiger partial charge < -0.3 is 9.84 Å². The fraction of sp³-hybridized carbons (Fsp3) is 0.357. The van der Waals surface area contributed by atoms with Gasteiger partial charge in [0.2, 0.25) is 0 Å². The Morgan fingerprint density at radius 1 is 1.26 bits per heavy atom. The molecule has 0 atom stereocenters. The summed E-state index contributed by atoms with van der Waals surface area (Å²) in [5, 5.41) is 9.80. The molecule has 0 amide bonds. The van der Waals surface area contributed by atoms with Gasteiger partial charge in [0.05, 0.1) is 11.5 Å². The molecule has 3 nitrogen and oxygen atoms in total. The van der Waals surface area contributed by atoms with Crippen LogP contribution in [0.15, 0.2) is 24.3 Å². The van der Waals surface area contributed by atoms with Crippen molar-refractivity contribution in [3.63, 3.8) is 0 Å². The molecule has 0 unspecified atom stereocenters. The molecule has 0 aliphatic carbocycles. The molecule has 0 spiro atoms. The standard InChI is InChI=1S/C14H16ClNO2S/c1-14(2,3)9-4-6-10(7-5-9)18-13-16-12(15)11(8-17)19-13/h4-7,17H,8H2,1-3H3. The van der Waals surface area contributed by atoms with Crippen LogP contribution in [-0.4, -0.2) is 10.1 Å². The zero-order chi connectivity index (χ0) is 14.0. The van der Waals surface area contributed by atoms with Crippen molar-refractivity contribution in [1.82, 2.24) is 4.98 Å². The van der Waals surface area contributed by atoms with Crippen molar-refractivity contribution < 1.29 is 9.84 Å². The van der Waals surface area contributed by atoms with E-state index in [0.29, 0.717) is 21.0 Å². The predicted molar refractivity (Wildman–Crippen MR) is 78.3 cm³/mol. The maximum absolute atomic E-state index is 9.05. The van der Waals surface area contributed by atoms with Crippen LogP contribution in [0.1, 0.15) is 31.2 Å². The molecule has 1 aromatic carbocycles. The van der Waals surface area contributed by atoms with Gasteiger partial charge >= 0.3 is 0 Å². The monoisotopic (exact) mass is 297 g/mol. The Bertz CT molecular complexity index is 558. The Morgan fingerprint density at radius 2 is 1.89 bits per heavy atom. The van der Waals surface area contributed by atoms with Crippen molar-refractivity contribution >= 4 is 22.9 Å². The van der Waals surface area contributed by atoms with Gasteiger partial charge in [-0.15, -0.1) is 0 Å². The topological polar surface area (TPSA) is 42.4 Å². The number of aliphatic hydroxyl groups is 1. The fourth-order valence-corrected chi connectivity index (χ4v) is 2.56. The molecule has 0 saturated carbocycles. The highest BCUT2D eigenvalue weighted by Gasteiger charge is 2.14. The zero-order valence-electron chi connectivity index (χ0n) is 11.1. The van der Waals surface area contributed by atoms with E-state index in [1.165, 1.54) is 16.9 Å². The minimum Gasteiger partial charge on any atom is -0.431 e. The summed E-state index contributed by atoms with van der Waals surface area (Å²) in [6.07, 6.45) is 0. The number of thiazole rings is 1. The zero-order valence-corrected chi connectivity index (χ0v) is 12.7. The highest BCUT2D eigenvalue weighted by atomic mass is 35.5. The lowest BCUT2D eigenvalue weighted by Gasteiger charge is -2.18. The smallest absolute Gasteiger partial charge is 0.280 e. The summed E-state index contributed by atoms with van der Waals surface area (Å²) in [6, 6.07) is 7.90. The van der Waals surface area contributed by atoms with Crippen molar-refractivity contribution in [3.05, 3.63) is 39.9 Å². The average Bonchev–Trinajstić information content (AvgIpc) is 2.69. The maximum atomic E-state index is 9.05. The molecule has 0 aliphatic rings. The Morgan fingerprint density at radius 3 is 2.37 bits per heavy atom. The maximum Gasteiger partial charge on any atom is 0.280 e. The molecule has 0 fully saturated rings. The molecule has 19 heavy (non-hydrogen) atoms. The minimum atomic E-state index is -0.122. The van der Waals surface area contributed by atoms with Crippen molar-refractivity contribution in [1.29, 1.82) is 0 Å². The third kappa shape index (κ3) is 3.47. The number of benzene rings is 1. The van der Waals surface area contributed by atoms with Gasteiger partial charge in [-0.2, -0.15) is 4.98 Å². The number of ether oxygens (including phenoxy) is 1. The number of aromatic nitrogens is 1. The van der Waals surface area contributed by atoms with Crippen LogP contribution < -0.4 is 4.74 Å². The molecule has 102 valence electrons. The molecule has 5 heteroatoms. The van der Waals surface area contributed by atoms with Gasteiger partial charge in [0.25, 0.3) is 5.19 Å². The first-order valence-corrected chi connectivity index (χ1v) is 7.14. The lowest BCUT2D eigenvalue weighted by atomic mass is 9.87. The van der Waals surface area contributed by atoms with E-state index < -0.39 is 0 Å². The van der Waals surface area contributed by atoms with Gasteiger partial charge in [-0.3, -0.25) is 0 Å². The summed E-state index contributed by atoms with van der Waals surface area (Å²) in [5.41, 5.74) is 1.36. The number of rotatable bonds is 3. The summed E-state index contributed by atoms with van der Waals surface area (Å²) in [7, 11) is 0. The second kappa shape index (κ2) is 5.49. The summed E-state index contributed by atoms with van der Waals surface area (Å²) in [5.74, 6) is 0.711. The van der Waals surface area contributed by atoms with E-state index in [0.717, 1.165) is 0 Å². The Labute approximate surface area is 121 Å². The van der Waals surface area contributed by atoms with Gasteiger partial charge in [-0.25, -0.2) is 0 Å². The number of nitrogens with zero attached hydrogens (tertiary/aromatic N) is 1. The highest BCUT2D eigenvalue weighted by Crippen LogP contribution is 2.32. The molecule has 0 saturated heterocycles. The Balaban J connectivity index is 2.15. The van der Waals surface area contributed by atoms with Crippen molar-refractivity contribution in [2.24, 2.45) is 0 Å². The first-order valence-electron chi connectivity index (χ1n) is 5.94. The van der Waals surface area contributed by atoms with E-state index in [1.54, 1.807) is 0 Å². The lowest BCUT2D eigenvalue weighted by molar-refractivity contribution is 0.285. The van der Waals surface area contributed by atoms with Crippen LogP contribution in [0.4, 0.5) is 0 Å². The quantitative estimate of drug-likeness (QED) is 0.914. The number of aliphatic hydroxyl groups excluding tert-OH is 1. The fourth-order valence-electron chi connectivity index (χ4n) is 1.58. The average molecular weight is 298 g/mol. The summed E-state index contributed by atoms with van der Waals surface area (Å²) < 4.78 is 5.62. The van der Waals surface area contributed by atoms with E-state index in [4.69, 9.17) is 21.4 Å². The molecule has 2 rings (SSSR count). The molecule has 1 heterocycles. The molecule has 0 aliphatic heterocycles. The number of hydrogen-bond acceptors (Lipinski definition) is 4. The van der Waals surface area contributed by atoms with Crippen LogP contribution in [-0.2, 0) is 12.0 Å². The van der Waals surface area contributed by atoms with Crippen LogP contribution in [0, 0.1) is 0 Å². The molecule has 1 aromatic heterocycles. The SMILES string of the molecule is CC(C)(C)c1ccc(Oc2nc(Cl)c(CO)s2)cc1. The first-order chi connectivity index (χ1) is 8.90. The van der Waals surface area contributed by atoms with E-state index in [2.05, 4.69) is 25.8 Å². The summed E-state index contributed by atoms with van der Waals surface area (Å²) >= 11 is 7.10. The van der Waals surface area contributed by atoms with Crippen LogP contribution in [0.25, 0.3) is 0 Å². The normalized spacial score (nSPS) is 11.6. The van der Waals surface area contributed by atoms with E-state index in [-0.39, 0.29) is 12.0 Å². The third-order valence-electron chi connectivity index (χ3n) is 2.70. The van der Waals surface area contributed by atoms with E-state index in [9.17, 15) is 0 Å². The Kier molecular flexibility index (Phi) is 4.13. The van der Waals surface area contributed by atoms with Gasteiger partial charge in [0, 0.05) is 0 Å². The van der Waals surface area contributed by atoms with Gasteiger partial charge in [-0.05, 0) is 23.1 Å². The summed E-state index contributed by atoms with van der Waals surface area (Å²) in [6.45, 7) is 6.37. The van der Waals surface area contributed by atoms with E-state index in [1.807, 2.05) is 24.3 Å².